The maximum Gasteiger partial charge on any atom is 0.272 e. The van der Waals surface area contributed by atoms with E-state index >= 15 is 0 Å². The summed E-state index contributed by atoms with van der Waals surface area (Å²) >= 11 is 1.44. The summed E-state index contributed by atoms with van der Waals surface area (Å²) in [6.07, 6.45) is 1.48. The Labute approximate surface area is 174 Å². The Morgan fingerprint density at radius 1 is 1.46 bits per heavy atom. The summed E-state index contributed by atoms with van der Waals surface area (Å²) in [6.45, 7) is 6.60. The minimum atomic E-state index is -0.476. The van der Waals surface area contributed by atoms with E-state index in [4.69, 9.17) is 4.74 Å². The predicted molar refractivity (Wildman–Crippen MR) is 112 cm³/mol. The third kappa shape index (κ3) is 4.24. The Bertz CT molecular complexity index is 980. The molecule has 6 nitrogen and oxygen atoms in total. The Kier molecular flexibility index (Phi) is 6.91. The second-order valence-electron chi connectivity index (χ2n) is 7.58. The maximum absolute atomic E-state index is 14.6. The van der Waals surface area contributed by atoms with Crippen molar-refractivity contribution < 1.29 is 9.13 Å². The van der Waals surface area contributed by atoms with E-state index in [1.165, 1.54) is 28.6 Å². The van der Waals surface area contributed by atoms with Gasteiger partial charge in [-0.25, -0.2) is 9.37 Å². The Morgan fingerprint density at radius 2 is 2.18 bits per heavy atom. The van der Waals surface area contributed by atoms with E-state index in [9.17, 15) is 14.4 Å². The van der Waals surface area contributed by atoms with Gasteiger partial charge < -0.3 is 4.74 Å². The summed E-state index contributed by atoms with van der Waals surface area (Å²) in [6, 6.07) is 3.24. The Hall–Kier alpha value is -1.89. The van der Waals surface area contributed by atoms with Gasteiger partial charge in [0.05, 0.1) is 18.0 Å². The number of methoxy groups -OCH3 is 1. The molecule has 0 aromatic carbocycles. The lowest BCUT2D eigenvalue weighted by atomic mass is 9.90. The van der Waals surface area contributed by atoms with Gasteiger partial charge in [0.1, 0.15) is 17.4 Å². The van der Waals surface area contributed by atoms with Crippen molar-refractivity contribution in [2.45, 2.75) is 37.9 Å². The van der Waals surface area contributed by atoms with Gasteiger partial charge in [-0.05, 0) is 6.07 Å². The highest BCUT2D eigenvalue weighted by atomic mass is 32.2. The number of halogens is 1. The van der Waals surface area contributed by atoms with E-state index in [-0.39, 0.29) is 30.7 Å². The van der Waals surface area contributed by atoms with Gasteiger partial charge in [0.25, 0.3) is 5.56 Å². The van der Waals surface area contributed by atoms with Gasteiger partial charge in [0.2, 0.25) is 0 Å². The number of nitriles is 1. The van der Waals surface area contributed by atoms with Gasteiger partial charge in [0.15, 0.2) is 5.16 Å². The first-order valence-electron chi connectivity index (χ1n) is 8.59. The van der Waals surface area contributed by atoms with Crippen LogP contribution in [0.25, 0.3) is 11.3 Å². The van der Waals surface area contributed by atoms with Crippen LogP contribution < -0.4 is 5.56 Å². The van der Waals surface area contributed by atoms with Gasteiger partial charge in [-0.1, -0.05) is 32.5 Å². The molecule has 150 valence electrons. The molecule has 0 aliphatic carbocycles. The first-order chi connectivity index (χ1) is 12.8. The maximum atomic E-state index is 14.6. The number of nitrogens with zero attached hydrogens (tertiary/aromatic N) is 4. The average molecular weight is 423 g/mol. The van der Waals surface area contributed by atoms with Gasteiger partial charge in [-0.2, -0.15) is 18.8 Å². The van der Waals surface area contributed by atoms with Gasteiger partial charge in [-0.15, -0.1) is 0 Å². The average Bonchev–Trinajstić information content (AvgIpc) is 2.61. The normalized spacial score (nSPS) is 16.1. The number of aromatic nitrogens is 3. The predicted octanol–water partition coefficient (Wildman–Crippen LogP) is 3.09. The molecule has 0 radical (unpaired) electrons. The third-order valence-corrected chi connectivity index (χ3v) is 5.57. The molecule has 3 heterocycles. The van der Waals surface area contributed by atoms with Crippen LogP contribution in [0.4, 0.5) is 4.39 Å². The van der Waals surface area contributed by atoms with Gasteiger partial charge in [0, 0.05) is 42.5 Å². The minimum Gasteiger partial charge on any atom is -0.384 e. The topological polar surface area (TPSA) is 80.8 Å². The zero-order valence-electron chi connectivity index (χ0n) is 16.2. The van der Waals surface area contributed by atoms with Crippen molar-refractivity contribution in [1.82, 2.24) is 14.5 Å². The lowest BCUT2D eigenvalue weighted by Gasteiger charge is -2.25. The quantitative estimate of drug-likeness (QED) is 0.707. The molecule has 28 heavy (non-hydrogen) atoms. The number of hydrogen-bond acceptors (Lipinski definition) is 6. The number of pyridine rings is 1. The van der Waals surface area contributed by atoms with Crippen LogP contribution in [0.2, 0.25) is 0 Å². The van der Waals surface area contributed by atoms with Crippen LogP contribution in [-0.2, 0) is 16.7 Å². The van der Waals surface area contributed by atoms with Crippen LogP contribution >= 0.6 is 25.3 Å². The Morgan fingerprint density at radius 3 is 2.75 bits per heavy atom. The molecule has 0 bridgehead atoms. The highest BCUT2D eigenvalue weighted by molar-refractivity contribution is 7.99. The van der Waals surface area contributed by atoms with E-state index < -0.39 is 16.8 Å². The summed E-state index contributed by atoms with van der Waals surface area (Å²) in [4.78, 5) is 21.6. The molecule has 1 aliphatic heterocycles. The van der Waals surface area contributed by atoms with Crippen molar-refractivity contribution >= 4 is 25.3 Å². The molecule has 3 rings (SSSR count). The first-order valence-corrected chi connectivity index (χ1v) is 9.58. The van der Waals surface area contributed by atoms with Crippen LogP contribution in [0.3, 0.4) is 0 Å². The summed E-state index contributed by atoms with van der Waals surface area (Å²) < 4.78 is 21.2. The zero-order valence-corrected chi connectivity index (χ0v) is 18.1. The number of ether oxygens (including phenoxy) is 1. The molecule has 0 unspecified atom stereocenters. The number of rotatable bonds is 3. The minimum absolute atomic E-state index is 0. The van der Waals surface area contributed by atoms with E-state index in [2.05, 4.69) is 9.97 Å². The molecule has 0 saturated carbocycles. The second-order valence-corrected chi connectivity index (χ2v) is 8.57. The first kappa shape index (κ1) is 22.4. The van der Waals surface area contributed by atoms with Crippen LogP contribution in [-0.4, -0.2) is 34.0 Å². The fraction of sp³-hybridized carbons (Fsp3) is 0.474. The smallest absolute Gasteiger partial charge is 0.272 e. The van der Waals surface area contributed by atoms with E-state index in [0.717, 1.165) is 5.75 Å². The van der Waals surface area contributed by atoms with Crippen molar-refractivity contribution in [2.24, 2.45) is 5.92 Å². The van der Waals surface area contributed by atoms with Gasteiger partial charge >= 0.3 is 0 Å². The number of thioether (sulfide) groups is 1. The van der Waals surface area contributed by atoms with Crippen molar-refractivity contribution in [1.29, 1.82) is 5.26 Å². The molecule has 1 aliphatic rings. The largest absolute Gasteiger partial charge is 0.384 e. The SMILES string of the molecule is COC[C@H]1CSc2nc(-c3cnc(C(C)(C)C)c(F)c3)c(C#N)c(=O)n2C1.S. The molecule has 0 amide bonds. The lowest BCUT2D eigenvalue weighted by molar-refractivity contribution is 0.149. The molecule has 0 fully saturated rings. The van der Waals surface area contributed by atoms with Crippen LogP contribution in [0.15, 0.2) is 22.2 Å². The summed E-state index contributed by atoms with van der Waals surface area (Å²) in [5.74, 6) is 0.465. The molecule has 0 N–H and O–H groups in total. The van der Waals surface area contributed by atoms with E-state index in [1.807, 2.05) is 26.8 Å². The highest BCUT2D eigenvalue weighted by Gasteiger charge is 2.26. The summed E-state index contributed by atoms with van der Waals surface area (Å²) in [7, 11) is 1.62. The van der Waals surface area contributed by atoms with E-state index in [1.54, 1.807) is 7.11 Å². The molecule has 1 atom stereocenters. The van der Waals surface area contributed by atoms with Crippen LogP contribution in [0.5, 0.6) is 0 Å². The molecule has 2 aromatic rings. The molecule has 0 saturated heterocycles. The second kappa shape index (κ2) is 8.64. The number of fused-ring (bicyclic) bond motifs is 1. The monoisotopic (exact) mass is 422 g/mol. The van der Waals surface area contributed by atoms with E-state index in [0.29, 0.717) is 29.6 Å². The van der Waals surface area contributed by atoms with Crippen molar-refractivity contribution in [3.05, 3.63) is 39.7 Å². The summed E-state index contributed by atoms with van der Waals surface area (Å²) in [5.41, 5.74) is -0.115. The van der Waals surface area contributed by atoms with Gasteiger partial charge in [-0.3, -0.25) is 14.3 Å². The molecule has 2 aromatic heterocycles. The molecule has 0 spiro atoms. The highest BCUT2D eigenvalue weighted by Crippen LogP contribution is 2.30. The standard InChI is InChI=1S/C19H21FN4O2S.H2S/c1-19(2,3)16-14(20)5-12(7-22-16)15-13(6-21)17(25)24-8-11(9-26-4)10-27-18(24)23-15;/h5,7,11H,8-10H2,1-4H3;1H2/t11-;/m0./s1. The van der Waals surface area contributed by atoms with Crippen molar-refractivity contribution in [3.63, 3.8) is 0 Å². The fourth-order valence-corrected chi connectivity index (χ4v) is 4.13. The van der Waals surface area contributed by atoms with Crippen molar-refractivity contribution in [3.8, 4) is 17.3 Å². The van der Waals surface area contributed by atoms with Crippen molar-refractivity contribution in [2.75, 3.05) is 19.5 Å². The molecule has 9 heteroatoms. The summed E-state index contributed by atoms with van der Waals surface area (Å²) in [5, 5.41) is 10.1. The number of hydrogen-bond donors (Lipinski definition) is 0. The molecular weight excluding hydrogens is 399 g/mol. The third-order valence-electron chi connectivity index (χ3n) is 4.36. The lowest BCUT2D eigenvalue weighted by Crippen LogP contribution is -2.34. The Balaban J connectivity index is 0.00000280. The zero-order chi connectivity index (χ0) is 19.8. The fourth-order valence-electron chi connectivity index (χ4n) is 3.07. The molecular formula is C19H23FN4O2S2. The van der Waals surface area contributed by atoms with Crippen LogP contribution in [0.1, 0.15) is 32.0 Å². The van der Waals surface area contributed by atoms with Crippen LogP contribution in [0, 0.1) is 23.1 Å².